The van der Waals surface area contributed by atoms with E-state index in [1.807, 2.05) is 6.07 Å². The van der Waals surface area contributed by atoms with Crippen molar-refractivity contribution < 1.29 is 4.79 Å². The summed E-state index contributed by atoms with van der Waals surface area (Å²) < 4.78 is 0. The van der Waals surface area contributed by atoms with Crippen LogP contribution in [0.15, 0.2) is 29.2 Å². The first-order valence-corrected chi connectivity index (χ1v) is 5.95. The Morgan fingerprint density at radius 2 is 2.36 bits per heavy atom. The molecule has 0 aromatic heterocycles. The summed E-state index contributed by atoms with van der Waals surface area (Å²) in [5.74, 6) is 0.171. The number of rotatable bonds is 2. The molecule has 2 rings (SSSR count). The predicted octanol–water partition coefficient (Wildman–Crippen LogP) is 2.36. The third-order valence-corrected chi connectivity index (χ3v) is 3.22. The van der Waals surface area contributed by atoms with Gasteiger partial charge >= 0.3 is 0 Å². The van der Waals surface area contributed by atoms with Crippen molar-refractivity contribution >= 4 is 17.7 Å². The van der Waals surface area contributed by atoms with E-state index in [-0.39, 0.29) is 11.9 Å². The Hall–Kier alpha value is -0.960. The molecule has 0 spiro atoms. The molecule has 0 saturated carbocycles. The molecule has 1 fully saturated rings. The van der Waals surface area contributed by atoms with Crippen molar-refractivity contribution in [3.63, 3.8) is 0 Å². The Balaban J connectivity index is 2.19. The molecule has 2 nitrogen and oxygen atoms in total. The number of hydrogen-bond donors (Lipinski definition) is 1. The minimum absolute atomic E-state index is 0.171. The van der Waals surface area contributed by atoms with E-state index < -0.39 is 0 Å². The molecule has 0 radical (unpaired) electrons. The first-order valence-electron chi connectivity index (χ1n) is 4.73. The topological polar surface area (TPSA) is 29.1 Å². The lowest BCUT2D eigenvalue weighted by Gasteiger charge is -2.10. The highest BCUT2D eigenvalue weighted by Gasteiger charge is 2.21. The van der Waals surface area contributed by atoms with Crippen LogP contribution in [0.5, 0.6) is 0 Å². The van der Waals surface area contributed by atoms with Gasteiger partial charge in [0, 0.05) is 11.3 Å². The van der Waals surface area contributed by atoms with Gasteiger partial charge in [0.25, 0.3) is 0 Å². The molecule has 1 N–H and O–H groups in total. The first-order chi connectivity index (χ1) is 6.79. The molecular formula is C11H13NOS. The van der Waals surface area contributed by atoms with E-state index in [2.05, 4.69) is 29.8 Å². The average molecular weight is 207 g/mol. The molecule has 1 aliphatic rings. The smallest absolute Gasteiger partial charge is 0.220 e. The molecule has 1 aliphatic heterocycles. The van der Waals surface area contributed by atoms with Gasteiger partial charge in [0.15, 0.2) is 0 Å². The van der Waals surface area contributed by atoms with Crippen LogP contribution in [0.25, 0.3) is 0 Å². The van der Waals surface area contributed by atoms with E-state index in [9.17, 15) is 4.79 Å². The van der Waals surface area contributed by atoms with E-state index in [0.29, 0.717) is 6.42 Å². The van der Waals surface area contributed by atoms with Crippen LogP contribution in [0.4, 0.5) is 0 Å². The molecule has 74 valence electrons. The van der Waals surface area contributed by atoms with Crippen LogP contribution in [-0.2, 0) is 4.79 Å². The van der Waals surface area contributed by atoms with Gasteiger partial charge in [0.1, 0.15) is 0 Å². The van der Waals surface area contributed by atoms with Crippen LogP contribution < -0.4 is 5.32 Å². The summed E-state index contributed by atoms with van der Waals surface area (Å²) in [6.45, 7) is 0. The number of thioether (sulfide) groups is 1. The van der Waals surface area contributed by atoms with Crippen molar-refractivity contribution in [2.75, 3.05) is 6.26 Å². The summed E-state index contributed by atoms with van der Waals surface area (Å²) in [6.07, 6.45) is 3.65. The van der Waals surface area contributed by atoms with E-state index in [0.717, 1.165) is 6.42 Å². The van der Waals surface area contributed by atoms with Crippen LogP contribution in [-0.4, -0.2) is 12.2 Å². The molecule has 1 saturated heterocycles. The lowest BCUT2D eigenvalue weighted by atomic mass is 10.1. The molecule has 0 unspecified atom stereocenters. The number of carbonyl (C=O) groups excluding carboxylic acids is 1. The van der Waals surface area contributed by atoms with Gasteiger partial charge in [-0.1, -0.05) is 12.1 Å². The highest BCUT2D eigenvalue weighted by atomic mass is 32.2. The fraction of sp³-hybridized carbons (Fsp3) is 0.364. The Morgan fingerprint density at radius 1 is 1.50 bits per heavy atom. The maximum absolute atomic E-state index is 11.1. The lowest BCUT2D eigenvalue weighted by molar-refractivity contribution is -0.119. The third kappa shape index (κ3) is 1.93. The second kappa shape index (κ2) is 4.05. The fourth-order valence-corrected chi connectivity index (χ4v) is 2.19. The average Bonchev–Trinajstić information content (AvgIpc) is 2.65. The summed E-state index contributed by atoms with van der Waals surface area (Å²) in [6, 6.07) is 8.60. The fourth-order valence-electron chi connectivity index (χ4n) is 1.72. The normalized spacial score (nSPS) is 20.9. The number of benzene rings is 1. The quantitative estimate of drug-likeness (QED) is 0.754. The second-order valence-electron chi connectivity index (χ2n) is 3.44. The van der Waals surface area contributed by atoms with Gasteiger partial charge in [-0.05, 0) is 30.4 Å². The third-order valence-electron chi connectivity index (χ3n) is 2.49. The number of hydrogen-bond acceptors (Lipinski definition) is 2. The molecule has 1 atom stereocenters. The van der Waals surface area contributed by atoms with E-state index >= 15 is 0 Å². The van der Waals surface area contributed by atoms with Crippen LogP contribution in [0, 0.1) is 0 Å². The van der Waals surface area contributed by atoms with Crippen LogP contribution in [0.2, 0.25) is 0 Å². The summed E-state index contributed by atoms with van der Waals surface area (Å²) in [7, 11) is 0. The second-order valence-corrected chi connectivity index (χ2v) is 4.32. The number of nitrogens with one attached hydrogen (secondary N) is 1. The zero-order valence-corrected chi connectivity index (χ0v) is 8.93. The summed E-state index contributed by atoms with van der Waals surface area (Å²) >= 11 is 1.73. The SMILES string of the molecule is CSc1cccc([C@H]2CCC(=O)N2)c1. The molecule has 0 aliphatic carbocycles. The number of amides is 1. The van der Waals surface area contributed by atoms with E-state index in [1.165, 1.54) is 10.5 Å². The minimum Gasteiger partial charge on any atom is -0.349 e. The first kappa shape index (κ1) is 9.59. The Bertz CT molecular complexity index is 351. The van der Waals surface area contributed by atoms with Gasteiger partial charge < -0.3 is 5.32 Å². The van der Waals surface area contributed by atoms with Crippen molar-refractivity contribution in [1.82, 2.24) is 5.32 Å². The summed E-state index contributed by atoms with van der Waals surface area (Å²) in [5.41, 5.74) is 1.22. The van der Waals surface area contributed by atoms with Crippen LogP contribution in [0.3, 0.4) is 0 Å². The van der Waals surface area contributed by atoms with Crippen molar-refractivity contribution in [3.8, 4) is 0 Å². The molecule has 1 amide bonds. The molecule has 14 heavy (non-hydrogen) atoms. The predicted molar refractivity (Wildman–Crippen MR) is 58.3 cm³/mol. The molecular weight excluding hydrogens is 194 g/mol. The Kier molecular flexibility index (Phi) is 2.77. The lowest BCUT2D eigenvalue weighted by Crippen LogP contribution is -2.18. The standard InChI is InChI=1S/C11H13NOS/c1-14-9-4-2-3-8(7-9)10-5-6-11(13)12-10/h2-4,7,10H,5-6H2,1H3,(H,12,13)/t10-/m1/s1. The van der Waals surface area contributed by atoms with Gasteiger partial charge in [-0.25, -0.2) is 0 Å². The maximum Gasteiger partial charge on any atom is 0.220 e. The largest absolute Gasteiger partial charge is 0.349 e. The van der Waals surface area contributed by atoms with Gasteiger partial charge in [0.2, 0.25) is 5.91 Å². The van der Waals surface area contributed by atoms with Gasteiger partial charge in [-0.2, -0.15) is 0 Å². The molecule has 1 heterocycles. The Morgan fingerprint density at radius 3 is 3.00 bits per heavy atom. The van der Waals surface area contributed by atoms with Crippen molar-refractivity contribution in [1.29, 1.82) is 0 Å². The van der Waals surface area contributed by atoms with Crippen molar-refractivity contribution in [2.24, 2.45) is 0 Å². The maximum atomic E-state index is 11.1. The van der Waals surface area contributed by atoms with Gasteiger partial charge in [0.05, 0.1) is 6.04 Å². The molecule has 3 heteroatoms. The number of carbonyl (C=O) groups is 1. The molecule has 1 aromatic carbocycles. The molecule has 0 bridgehead atoms. The van der Waals surface area contributed by atoms with E-state index in [1.54, 1.807) is 11.8 Å². The van der Waals surface area contributed by atoms with Crippen LogP contribution >= 0.6 is 11.8 Å². The van der Waals surface area contributed by atoms with Crippen molar-refractivity contribution in [2.45, 2.75) is 23.8 Å². The van der Waals surface area contributed by atoms with Gasteiger partial charge in [-0.15, -0.1) is 11.8 Å². The van der Waals surface area contributed by atoms with Crippen LogP contribution in [0.1, 0.15) is 24.4 Å². The van der Waals surface area contributed by atoms with Crippen molar-refractivity contribution in [3.05, 3.63) is 29.8 Å². The highest BCUT2D eigenvalue weighted by Crippen LogP contribution is 2.26. The molecule has 1 aromatic rings. The zero-order valence-electron chi connectivity index (χ0n) is 8.12. The summed E-state index contributed by atoms with van der Waals surface area (Å²) in [5, 5.41) is 2.97. The monoisotopic (exact) mass is 207 g/mol. The van der Waals surface area contributed by atoms with E-state index in [4.69, 9.17) is 0 Å². The zero-order chi connectivity index (χ0) is 9.97. The Labute approximate surface area is 88.1 Å². The summed E-state index contributed by atoms with van der Waals surface area (Å²) in [4.78, 5) is 12.3. The van der Waals surface area contributed by atoms with Gasteiger partial charge in [-0.3, -0.25) is 4.79 Å². The minimum atomic E-state index is 0.171. The highest BCUT2D eigenvalue weighted by molar-refractivity contribution is 7.98.